The topological polar surface area (TPSA) is 121 Å². The summed E-state index contributed by atoms with van der Waals surface area (Å²) < 4.78 is 7.80. The fourth-order valence-electron chi connectivity index (χ4n) is 4.07. The molecule has 5 rings (SSSR count). The summed E-state index contributed by atoms with van der Waals surface area (Å²) in [5, 5.41) is 3.51. The summed E-state index contributed by atoms with van der Waals surface area (Å²) in [4.78, 5) is 28.8. The van der Waals surface area contributed by atoms with Crippen LogP contribution < -0.4 is 15.8 Å². The third-order valence-electron chi connectivity index (χ3n) is 5.68. The molecule has 0 saturated heterocycles. The molecule has 0 spiro atoms. The highest BCUT2D eigenvalue weighted by Crippen LogP contribution is 2.42. The van der Waals surface area contributed by atoms with E-state index in [1.54, 1.807) is 6.20 Å². The highest BCUT2D eigenvalue weighted by atomic mass is 35.5. The first kappa shape index (κ1) is 23.3. The van der Waals surface area contributed by atoms with Crippen LogP contribution in [-0.4, -0.2) is 36.3 Å². The Balaban J connectivity index is 1.59. The minimum atomic E-state index is -0.267. The number of hydrogen-bond acceptors (Lipinski definition) is 7. The van der Waals surface area contributed by atoms with Crippen molar-refractivity contribution in [2.24, 2.45) is 7.05 Å². The van der Waals surface area contributed by atoms with E-state index in [1.807, 2.05) is 73.1 Å². The third kappa shape index (κ3) is 4.44. The number of carbonyl (C=O) groups is 1. The number of nitrogens with one attached hydrogen (secondary N) is 1. The van der Waals surface area contributed by atoms with E-state index >= 15 is 0 Å². The molecule has 3 heterocycles. The first-order valence-electron chi connectivity index (χ1n) is 11.1. The summed E-state index contributed by atoms with van der Waals surface area (Å²) in [7, 11) is 1.93. The lowest BCUT2D eigenvalue weighted by molar-refractivity contribution is -0.113. The number of anilines is 2. The largest absolute Gasteiger partial charge is 0.424 e. The van der Waals surface area contributed by atoms with Crippen LogP contribution in [0.2, 0.25) is 0 Å². The quantitative estimate of drug-likeness (QED) is 0.317. The number of amides is 1. The molecular formula is C26H22ClN7O2. The van der Waals surface area contributed by atoms with Gasteiger partial charge < -0.3 is 20.4 Å². The number of nitrogens with two attached hydrogens (primary N) is 1. The van der Waals surface area contributed by atoms with E-state index in [0.29, 0.717) is 22.9 Å². The van der Waals surface area contributed by atoms with Gasteiger partial charge in [0.25, 0.3) is 0 Å². The number of nitrogen functional groups attached to an aromatic ring is 1. The van der Waals surface area contributed by atoms with Crippen LogP contribution in [0.15, 0.2) is 67.1 Å². The van der Waals surface area contributed by atoms with Crippen molar-refractivity contribution in [1.82, 2.24) is 24.5 Å². The predicted molar refractivity (Wildman–Crippen MR) is 140 cm³/mol. The molecule has 180 valence electrons. The van der Waals surface area contributed by atoms with Crippen molar-refractivity contribution in [3.05, 3.63) is 72.8 Å². The van der Waals surface area contributed by atoms with Crippen LogP contribution in [0, 0.1) is 6.92 Å². The van der Waals surface area contributed by atoms with Crippen molar-refractivity contribution in [3.8, 4) is 34.1 Å². The van der Waals surface area contributed by atoms with Gasteiger partial charge in [-0.1, -0.05) is 24.3 Å². The van der Waals surface area contributed by atoms with Crippen LogP contribution in [0.1, 0.15) is 5.69 Å². The minimum absolute atomic E-state index is 0.108. The molecule has 9 nitrogen and oxygen atoms in total. The maximum Gasteiger partial charge on any atom is 0.322 e. The Hall–Kier alpha value is -4.50. The van der Waals surface area contributed by atoms with Gasteiger partial charge in [0.05, 0.1) is 11.1 Å². The normalized spacial score (nSPS) is 11.0. The predicted octanol–water partition coefficient (Wildman–Crippen LogP) is 4.95. The maximum absolute atomic E-state index is 11.6. The summed E-state index contributed by atoms with van der Waals surface area (Å²) in [5.41, 5.74) is 12.1. The van der Waals surface area contributed by atoms with Crippen LogP contribution >= 0.6 is 11.6 Å². The van der Waals surface area contributed by atoms with Crippen molar-refractivity contribution in [2.45, 2.75) is 6.92 Å². The molecule has 0 radical (unpaired) electrons. The fraction of sp³-hybridized carbons (Fsp3) is 0.115. The molecule has 10 heteroatoms. The molecule has 0 aliphatic carbocycles. The maximum atomic E-state index is 11.6. The molecule has 0 unspecified atom stereocenters. The van der Waals surface area contributed by atoms with Gasteiger partial charge in [-0.25, -0.2) is 19.9 Å². The fourth-order valence-corrected chi connectivity index (χ4v) is 4.14. The molecule has 0 bridgehead atoms. The average molecular weight is 500 g/mol. The van der Waals surface area contributed by atoms with Gasteiger partial charge in [0.15, 0.2) is 0 Å². The van der Waals surface area contributed by atoms with Crippen molar-refractivity contribution >= 4 is 40.0 Å². The second-order valence-electron chi connectivity index (χ2n) is 8.11. The molecule has 3 aromatic heterocycles. The highest BCUT2D eigenvalue weighted by molar-refractivity contribution is 6.29. The zero-order valence-electron chi connectivity index (χ0n) is 19.6. The van der Waals surface area contributed by atoms with Gasteiger partial charge in [-0.2, -0.15) is 0 Å². The summed E-state index contributed by atoms with van der Waals surface area (Å²) in [6.07, 6.45) is 3.11. The van der Waals surface area contributed by atoms with Gasteiger partial charge in [-0.3, -0.25) is 4.79 Å². The van der Waals surface area contributed by atoms with Crippen LogP contribution in [0.5, 0.6) is 11.8 Å². The lowest BCUT2D eigenvalue weighted by Gasteiger charge is -2.11. The standard InChI is InChI=1S/C26H22ClN7O2/c1-15-11-12-29-26(32-15)36-19-9-5-16(6-10-19)21-22-24(28)30-14-31-25(22)34(2)23(21)17-3-7-18(8-4-17)33-20(35)13-27/h3-12,14H,13H2,1-2H3,(H,33,35)(H2,28,30,31). The van der Waals surface area contributed by atoms with Gasteiger partial charge in [-0.15, -0.1) is 11.6 Å². The smallest absolute Gasteiger partial charge is 0.322 e. The lowest BCUT2D eigenvalue weighted by Crippen LogP contribution is -2.12. The number of carbonyl (C=O) groups excluding carboxylic acids is 1. The molecule has 3 N–H and O–H groups in total. The summed E-state index contributed by atoms with van der Waals surface area (Å²) in [5.74, 6) is 0.616. The van der Waals surface area contributed by atoms with Crippen LogP contribution in [0.3, 0.4) is 0 Å². The first-order chi connectivity index (χ1) is 17.4. The number of aryl methyl sites for hydroxylation is 2. The number of benzene rings is 2. The molecule has 36 heavy (non-hydrogen) atoms. The van der Waals surface area contributed by atoms with Crippen LogP contribution in [-0.2, 0) is 11.8 Å². The van der Waals surface area contributed by atoms with E-state index in [1.165, 1.54) is 6.33 Å². The SMILES string of the molecule is Cc1ccnc(Oc2ccc(-c3c(-c4ccc(NC(=O)CCl)cc4)n(C)c4ncnc(N)c34)cc2)n1. The second-order valence-corrected chi connectivity index (χ2v) is 8.37. The van der Waals surface area contributed by atoms with E-state index in [0.717, 1.165) is 33.5 Å². The van der Waals surface area contributed by atoms with Gasteiger partial charge in [0.1, 0.15) is 29.4 Å². The van der Waals surface area contributed by atoms with Crippen molar-refractivity contribution in [1.29, 1.82) is 0 Å². The lowest BCUT2D eigenvalue weighted by atomic mass is 9.98. The minimum Gasteiger partial charge on any atom is -0.424 e. The van der Waals surface area contributed by atoms with E-state index in [-0.39, 0.29) is 17.8 Å². The van der Waals surface area contributed by atoms with Gasteiger partial charge in [0.2, 0.25) is 5.91 Å². The number of aromatic nitrogens is 5. The van der Waals surface area contributed by atoms with Gasteiger partial charge in [-0.05, 0) is 48.4 Å². The first-order valence-corrected chi connectivity index (χ1v) is 11.6. The Kier molecular flexibility index (Phi) is 6.22. The molecular weight excluding hydrogens is 478 g/mol. The Morgan fingerprint density at radius 1 is 1.03 bits per heavy atom. The Morgan fingerprint density at radius 2 is 1.75 bits per heavy atom. The Bertz CT molecular complexity index is 1560. The van der Waals surface area contributed by atoms with E-state index in [2.05, 4.69) is 25.3 Å². The number of fused-ring (bicyclic) bond motifs is 1. The average Bonchev–Trinajstić information content (AvgIpc) is 3.18. The number of hydrogen-bond donors (Lipinski definition) is 2. The van der Waals surface area contributed by atoms with E-state index in [4.69, 9.17) is 22.1 Å². The number of alkyl halides is 1. The number of ether oxygens (including phenoxy) is 1. The van der Waals surface area contributed by atoms with Gasteiger partial charge in [0, 0.05) is 30.2 Å². The van der Waals surface area contributed by atoms with Gasteiger partial charge >= 0.3 is 6.01 Å². The molecule has 0 aliphatic rings. The number of nitrogens with zero attached hydrogens (tertiary/aromatic N) is 5. The second kappa shape index (κ2) is 9.63. The molecule has 5 aromatic rings. The molecule has 0 atom stereocenters. The highest BCUT2D eigenvalue weighted by Gasteiger charge is 2.22. The Labute approximate surface area is 212 Å². The zero-order chi connectivity index (χ0) is 25.2. The Morgan fingerprint density at radius 3 is 2.44 bits per heavy atom. The molecule has 0 saturated carbocycles. The molecule has 0 aliphatic heterocycles. The molecule has 2 aromatic carbocycles. The summed E-state index contributed by atoms with van der Waals surface area (Å²) >= 11 is 5.61. The number of halogens is 1. The van der Waals surface area contributed by atoms with Crippen LogP contribution in [0.25, 0.3) is 33.4 Å². The van der Waals surface area contributed by atoms with Crippen molar-refractivity contribution in [3.63, 3.8) is 0 Å². The van der Waals surface area contributed by atoms with E-state index in [9.17, 15) is 4.79 Å². The zero-order valence-corrected chi connectivity index (χ0v) is 20.3. The number of rotatable bonds is 6. The van der Waals surface area contributed by atoms with Crippen LogP contribution in [0.4, 0.5) is 11.5 Å². The summed E-state index contributed by atoms with van der Waals surface area (Å²) in [6, 6.07) is 17.2. The molecule has 0 fully saturated rings. The third-order valence-corrected chi connectivity index (χ3v) is 5.93. The van der Waals surface area contributed by atoms with E-state index < -0.39 is 0 Å². The summed E-state index contributed by atoms with van der Waals surface area (Å²) in [6.45, 7) is 1.88. The monoisotopic (exact) mass is 499 g/mol. The van der Waals surface area contributed by atoms with Crippen molar-refractivity contribution in [2.75, 3.05) is 16.9 Å². The molecule has 1 amide bonds. The van der Waals surface area contributed by atoms with Crippen molar-refractivity contribution < 1.29 is 9.53 Å².